The second-order valence-corrected chi connectivity index (χ2v) is 11.5. The topological polar surface area (TPSA) is 25.8 Å². The van der Waals surface area contributed by atoms with E-state index in [-0.39, 0.29) is 5.41 Å². The molecular formula is C39H28N2. The Kier molecular flexibility index (Phi) is 5.20. The van der Waals surface area contributed by atoms with Crippen LogP contribution in [0.25, 0.3) is 66.3 Å². The van der Waals surface area contributed by atoms with Crippen molar-refractivity contribution in [2.45, 2.75) is 19.3 Å². The summed E-state index contributed by atoms with van der Waals surface area (Å²) in [4.78, 5) is 9.68. The Balaban J connectivity index is 1.42. The third-order valence-corrected chi connectivity index (χ3v) is 8.70. The van der Waals surface area contributed by atoms with Gasteiger partial charge in [-0.25, -0.2) is 4.98 Å². The molecule has 5 aromatic carbocycles. The monoisotopic (exact) mass is 524 g/mol. The molecule has 194 valence electrons. The number of nitrogens with zero attached hydrogens (tertiary/aromatic N) is 2. The molecule has 8 rings (SSSR count). The van der Waals surface area contributed by atoms with Crippen LogP contribution in [0.3, 0.4) is 0 Å². The van der Waals surface area contributed by atoms with Gasteiger partial charge in [0.1, 0.15) is 0 Å². The van der Waals surface area contributed by atoms with Crippen LogP contribution in [0, 0.1) is 0 Å². The highest BCUT2D eigenvalue weighted by Gasteiger charge is 2.39. The van der Waals surface area contributed by atoms with Crippen LogP contribution in [-0.2, 0) is 5.41 Å². The van der Waals surface area contributed by atoms with E-state index in [1.165, 1.54) is 60.7 Å². The summed E-state index contributed by atoms with van der Waals surface area (Å²) in [5.41, 5.74) is 13.0. The van der Waals surface area contributed by atoms with Crippen molar-refractivity contribution in [2.24, 2.45) is 0 Å². The van der Waals surface area contributed by atoms with Gasteiger partial charge in [0, 0.05) is 34.3 Å². The molecule has 7 aromatic rings. The zero-order valence-electron chi connectivity index (χ0n) is 23.1. The molecule has 1 aliphatic carbocycles. The quantitative estimate of drug-likeness (QED) is 0.215. The van der Waals surface area contributed by atoms with E-state index in [0.29, 0.717) is 0 Å². The average molecular weight is 525 g/mol. The highest BCUT2D eigenvalue weighted by Crippen LogP contribution is 2.54. The molecule has 0 amide bonds. The number of fused-ring (bicyclic) bond motifs is 6. The maximum absolute atomic E-state index is 5.35. The van der Waals surface area contributed by atoms with Gasteiger partial charge in [-0.15, -0.1) is 0 Å². The summed E-state index contributed by atoms with van der Waals surface area (Å²) >= 11 is 0. The molecule has 2 heterocycles. The molecule has 2 nitrogen and oxygen atoms in total. The Morgan fingerprint density at radius 3 is 2.07 bits per heavy atom. The Morgan fingerprint density at radius 1 is 0.585 bits per heavy atom. The van der Waals surface area contributed by atoms with Crippen molar-refractivity contribution < 1.29 is 0 Å². The van der Waals surface area contributed by atoms with Gasteiger partial charge in [-0.1, -0.05) is 111 Å². The number of hydrogen-bond donors (Lipinski definition) is 0. The minimum absolute atomic E-state index is 0.185. The molecule has 0 aliphatic heterocycles. The standard InChI is InChI=1S/C39H28N2/c1-39(2)33-18-6-5-17-32(33)38-37(39)35(36-31-16-4-3-10-25(31)19-20-34(36)41-38)29-14-8-12-27(23-29)26-11-7-13-28(22-26)30-15-9-21-40-24-30/h3-24H,1-2H3. The van der Waals surface area contributed by atoms with E-state index < -0.39 is 0 Å². The maximum atomic E-state index is 5.35. The summed E-state index contributed by atoms with van der Waals surface area (Å²) in [6.45, 7) is 4.70. The van der Waals surface area contributed by atoms with E-state index >= 15 is 0 Å². The zero-order valence-corrected chi connectivity index (χ0v) is 23.1. The van der Waals surface area contributed by atoms with Crippen LogP contribution in [0.1, 0.15) is 25.0 Å². The number of aromatic nitrogens is 2. The van der Waals surface area contributed by atoms with Crippen molar-refractivity contribution in [1.82, 2.24) is 9.97 Å². The smallest absolute Gasteiger partial charge is 0.0759 e. The first-order valence-corrected chi connectivity index (χ1v) is 14.2. The van der Waals surface area contributed by atoms with Gasteiger partial charge in [-0.2, -0.15) is 0 Å². The summed E-state index contributed by atoms with van der Waals surface area (Å²) in [5.74, 6) is 0. The van der Waals surface area contributed by atoms with E-state index in [4.69, 9.17) is 4.98 Å². The predicted molar refractivity (Wildman–Crippen MR) is 171 cm³/mol. The van der Waals surface area contributed by atoms with Gasteiger partial charge >= 0.3 is 0 Å². The minimum Gasteiger partial charge on any atom is -0.264 e. The van der Waals surface area contributed by atoms with Crippen molar-refractivity contribution in [1.29, 1.82) is 0 Å². The molecule has 0 radical (unpaired) electrons. The van der Waals surface area contributed by atoms with Gasteiger partial charge in [0.2, 0.25) is 0 Å². The number of pyridine rings is 2. The Hall–Kier alpha value is -5.08. The van der Waals surface area contributed by atoms with Crippen molar-refractivity contribution >= 4 is 21.7 Å². The highest BCUT2D eigenvalue weighted by atomic mass is 14.7. The first kappa shape index (κ1) is 23.8. The van der Waals surface area contributed by atoms with Gasteiger partial charge < -0.3 is 0 Å². The highest BCUT2D eigenvalue weighted by molar-refractivity contribution is 6.16. The van der Waals surface area contributed by atoms with E-state index in [9.17, 15) is 0 Å². The van der Waals surface area contributed by atoms with Crippen LogP contribution in [0.4, 0.5) is 0 Å². The molecule has 0 unspecified atom stereocenters. The summed E-state index contributed by atoms with van der Waals surface area (Å²) in [7, 11) is 0. The molecule has 0 spiro atoms. The zero-order chi connectivity index (χ0) is 27.6. The Labute approximate surface area is 240 Å². The number of benzene rings is 5. The van der Waals surface area contributed by atoms with Crippen LogP contribution in [0.5, 0.6) is 0 Å². The average Bonchev–Trinajstić information content (AvgIpc) is 3.26. The third-order valence-electron chi connectivity index (χ3n) is 8.70. The van der Waals surface area contributed by atoms with E-state index in [2.05, 4.69) is 134 Å². The second-order valence-electron chi connectivity index (χ2n) is 11.5. The fourth-order valence-electron chi connectivity index (χ4n) is 6.76. The van der Waals surface area contributed by atoms with Crippen molar-refractivity contribution in [3.8, 4) is 44.6 Å². The number of hydrogen-bond acceptors (Lipinski definition) is 2. The summed E-state index contributed by atoms with van der Waals surface area (Å²) in [6.07, 6.45) is 3.74. The molecule has 0 saturated carbocycles. The van der Waals surface area contributed by atoms with Crippen molar-refractivity contribution in [3.05, 3.63) is 145 Å². The minimum atomic E-state index is -0.185. The summed E-state index contributed by atoms with van der Waals surface area (Å²) < 4.78 is 0. The summed E-state index contributed by atoms with van der Waals surface area (Å²) in [6, 6.07) is 43.8. The van der Waals surface area contributed by atoms with Crippen LogP contribution in [0.15, 0.2) is 134 Å². The molecule has 0 bridgehead atoms. The van der Waals surface area contributed by atoms with Crippen molar-refractivity contribution in [2.75, 3.05) is 0 Å². The van der Waals surface area contributed by atoms with Crippen molar-refractivity contribution in [3.63, 3.8) is 0 Å². The molecular weight excluding hydrogens is 496 g/mol. The van der Waals surface area contributed by atoms with Gasteiger partial charge in [-0.05, 0) is 74.0 Å². The van der Waals surface area contributed by atoms with E-state index in [1.807, 2.05) is 18.5 Å². The molecule has 0 atom stereocenters. The molecule has 0 saturated heterocycles. The first-order valence-electron chi connectivity index (χ1n) is 14.2. The normalized spacial score (nSPS) is 13.3. The Bertz CT molecular complexity index is 2120. The van der Waals surface area contributed by atoms with Crippen LogP contribution >= 0.6 is 0 Å². The van der Waals surface area contributed by atoms with Crippen LogP contribution in [-0.4, -0.2) is 9.97 Å². The molecule has 2 aromatic heterocycles. The lowest BCUT2D eigenvalue weighted by Gasteiger charge is -2.26. The van der Waals surface area contributed by atoms with E-state index in [0.717, 1.165) is 16.8 Å². The Morgan fingerprint density at radius 2 is 1.27 bits per heavy atom. The molecule has 41 heavy (non-hydrogen) atoms. The molecule has 1 aliphatic rings. The van der Waals surface area contributed by atoms with Crippen LogP contribution in [0.2, 0.25) is 0 Å². The fourth-order valence-corrected chi connectivity index (χ4v) is 6.76. The number of rotatable bonds is 3. The first-order chi connectivity index (χ1) is 20.1. The summed E-state index contributed by atoms with van der Waals surface area (Å²) in [5, 5.41) is 3.70. The fraction of sp³-hybridized carbons (Fsp3) is 0.0769. The molecule has 0 fully saturated rings. The van der Waals surface area contributed by atoms with Gasteiger partial charge in [0.05, 0.1) is 11.2 Å². The lowest BCUT2D eigenvalue weighted by atomic mass is 9.77. The molecule has 2 heteroatoms. The SMILES string of the molecule is CC1(C)c2ccccc2-c2nc3ccc4ccccc4c3c(-c3cccc(-c4cccc(-c5cccnc5)c4)c3)c21. The van der Waals surface area contributed by atoms with Gasteiger partial charge in [-0.3, -0.25) is 4.98 Å². The van der Waals surface area contributed by atoms with Gasteiger partial charge in [0.25, 0.3) is 0 Å². The lowest BCUT2D eigenvalue weighted by molar-refractivity contribution is 0.662. The second kappa shape index (κ2) is 8.97. The lowest BCUT2D eigenvalue weighted by Crippen LogP contribution is -2.16. The maximum Gasteiger partial charge on any atom is 0.0759 e. The predicted octanol–water partition coefficient (Wildman–Crippen LogP) is 10.1. The molecule has 0 N–H and O–H groups in total. The van der Waals surface area contributed by atoms with Gasteiger partial charge in [0.15, 0.2) is 0 Å². The largest absolute Gasteiger partial charge is 0.264 e. The van der Waals surface area contributed by atoms with E-state index in [1.54, 1.807) is 0 Å². The van der Waals surface area contributed by atoms with Crippen LogP contribution < -0.4 is 0 Å². The third kappa shape index (κ3) is 3.64.